The molecule has 0 saturated carbocycles. The van der Waals surface area contributed by atoms with E-state index in [0.29, 0.717) is 12.1 Å². The van der Waals surface area contributed by atoms with E-state index >= 15 is 0 Å². The number of hydrogen-bond acceptors (Lipinski definition) is 2. The van der Waals surface area contributed by atoms with Gasteiger partial charge in [0.1, 0.15) is 11.9 Å². The molecule has 0 spiro atoms. The Kier molecular flexibility index (Phi) is 4.66. The van der Waals surface area contributed by atoms with Crippen molar-refractivity contribution in [2.45, 2.75) is 18.1 Å². The highest BCUT2D eigenvalue weighted by atomic mass is 35.5. The molecule has 0 aromatic heterocycles. The van der Waals surface area contributed by atoms with E-state index in [1.165, 1.54) is 0 Å². The Morgan fingerprint density at radius 1 is 1.29 bits per heavy atom. The summed E-state index contributed by atoms with van der Waals surface area (Å²) in [6.07, 6.45) is -6.30. The highest BCUT2D eigenvalue weighted by Gasteiger charge is 2.49. The van der Waals surface area contributed by atoms with Crippen LogP contribution in [0.15, 0.2) is 18.2 Å². The molecule has 21 heavy (non-hydrogen) atoms. The highest BCUT2D eigenvalue weighted by molar-refractivity contribution is 5.85. The first kappa shape index (κ1) is 17.4. The summed E-state index contributed by atoms with van der Waals surface area (Å²) in [5.74, 6) is -4.96. The van der Waals surface area contributed by atoms with Crippen molar-refractivity contribution in [3.05, 3.63) is 35.1 Å². The molecule has 0 bridgehead atoms. The van der Waals surface area contributed by atoms with Crippen LogP contribution in [0.2, 0.25) is 0 Å². The van der Waals surface area contributed by atoms with Gasteiger partial charge in [-0.05, 0) is 17.7 Å². The van der Waals surface area contributed by atoms with E-state index in [1.807, 2.05) is 0 Å². The van der Waals surface area contributed by atoms with E-state index in [0.717, 1.165) is 0 Å². The van der Waals surface area contributed by atoms with Crippen molar-refractivity contribution < 1.29 is 35.9 Å². The summed E-state index contributed by atoms with van der Waals surface area (Å²) >= 11 is 0. The summed E-state index contributed by atoms with van der Waals surface area (Å²) in [6, 6.07) is -0.946. The minimum atomic E-state index is -5.03. The van der Waals surface area contributed by atoms with Gasteiger partial charge in [-0.25, -0.2) is 18.0 Å². The number of nitrogens with one attached hydrogen (secondary N) is 1. The molecule has 0 radical (unpaired) electrons. The maximum Gasteiger partial charge on any atom is 0.416 e. The van der Waals surface area contributed by atoms with Gasteiger partial charge in [0.15, 0.2) is 6.61 Å². The van der Waals surface area contributed by atoms with Gasteiger partial charge in [-0.3, -0.25) is 0 Å². The number of carbonyl (C=O) groups excluding carboxylic acids is 1. The molecule has 10 heteroatoms. The lowest BCUT2D eigenvalue weighted by Crippen LogP contribution is -2.50. The number of halogens is 7. The Bertz CT molecular complexity index is 548. The van der Waals surface area contributed by atoms with Gasteiger partial charge in [0.2, 0.25) is 0 Å². The first-order valence-electron chi connectivity index (χ1n) is 5.29. The van der Waals surface area contributed by atoms with Crippen molar-refractivity contribution >= 4 is 18.5 Å². The molecule has 0 aliphatic carbocycles. The number of hydrogen-bond donors (Lipinski definition) is 1. The van der Waals surface area contributed by atoms with Gasteiger partial charge >= 0.3 is 18.2 Å². The van der Waals surface area contributed by atoms with Crippen molar-refractivity contribution in [3.63, 3.8) is 0 Å². The van der Waals surface area contributed by atoms with Crippen LogP contribution in [0.4, 0.5) is 31.1 Å². The quantitative estimate of drug-likeness (QED) is 0.795. The monoisotopic (exact) mass is 335 g/mol. The molecule has 1 aliphatic rings. The average Bonchev–Trinajstić information content (AvgIpc) is 2.31. The predicted molar refractivity (Wildman–Crippen MR) is 60.8 cm³/mol. The third-order valence-corrected chi connectivity index (χ3v) is 2.71. The van der Waals surface area contributed by atoms with Crippen molar-refractivity contribution in [1.82, 2.24) is 5.32 Å². The fourth-order valence-electron chi connectivity index (χ4n) is 1.84. The van der Waals surface area contributed by atoms with Gasteiger partial charge in [-0.2, -0.15) is 13.2 Å². The number of benzene rings is 1. The number of alkyl halides is 5. The summed E-state index contributed by atoms with van der Waals surface area (Å²) in [5, 5.41) is 1.62. The molecule has 1 fully saturated rings. The molecule has 3 nitrogen and oxygen atoms in total. The van der Waals surface area contributed by atoms with Crippen LogP contribution >= 0.6 is 12.4 Å². The second kappa shape index (κ2) is 5.63. The zero-order valence-corrected chi connectivity index (χ0v) is 10.8. The number of rotatable bonds is 1. The molecular formula is C11H8ClF6NO2. The van der Waals surface area contributed by atoms with Gasteiger partial charge < -0.3 is 10.1 Å². The Balaban J connectivity index is 0.00000220. The summed E-state index contributed by atoms with van der Waals surface area (Å²) in [4.78, 5) is 10.9. The van der Waals surface area contributed by atoms with Gasteiger partial charge in [-0.15, -0.1) is 12.4 Å². The second-order valence-corrected chi connectivity index (χ2v) is 4.14. The van der Waals surface area contributed by atoms with Crippen LogP contribution < -0.4 is 5.32 Å². The predicted octanol–water partition coefficient (Wildman–Crippen LogP) is 3.68. The van der Waals surface area contributed by atoms with Crippen molar-refractivity contribution in [3.8, 4) is 0 Å². The molecule has 0 unspecified atom stereocenters. The average molecular weight is 336 g/mol. The van der Waals surface area contributed by atoms with E-state index in [1.54, 1.807) is 5.32 Å². The van der Waals surface area contributed by atoms with E-state index in [4.69, 9.17) is 0 Å². The second-order valence-electron chi connectivity index (χ2n) is 4.14. The smallest absolute Gasteiger partial charge is 0.416 e. The first-order chi connectivity index (χ1) is 9.11. The Hall–Kier alpha value is -1.64. The lowest BCUT2D eigenvalue weighted by atomic mass is 9.94. The van der Waals surface area contributed by atoms with Crippen LogP contribution in [-0.2, 0) is 10.9 Å². The van der Waals surface area contributed by atoms with Crippen LogP contribution in [0, 0.1) is 5.82 Å². The van der Waals surface area contributed by atoms with Crippen LogP contribution in [-0.4, -0.2) is 18.6 Å². The number of amides is 1. The number of ether oxygens (including phenoxy) is 1. The maximum absolute atomic E-state index is 13.6. The molecule has 1 atom stereocenters. The van der Waals surface area contributed by atoms with Crippen molar-refractivity contribution in [2.75, 3.05) is 6.61 Å². The van der Waals surface area contributed by atoms with Gasteiger partial charge in [0, 0.05) is 0 Å². The molecule has 1 aliphatic heterocycles. The van der Waals surface area contributed by atoms with Gasteiger partial charge in [0.05, 0.1) is 5.56 Å². The molecule has 1 heterocycles. The molecule has 1 N–H and O–H groups in total. The van der Waals surface area contributed by atoms with Crippen LogP contribution in [0.5, 0.6) is 0 Å². The number of alkyl carbamates (subject to hydrolysis) is 1. The molecule has 1 saturated heterocycles. The normalized spacial score (nSPS) is 21.0. The molecular weight excluding hydrogens is 328 g/mol. The zero-order chi connectivity index (χ0) is 15.1. The Morgan fingerprint density at radius 3 is 2.48 bits per heavy atom. The van der Waals surface area contributed by atoms with E-state index < -0.39 is 47.8 Å². The lowest BCUT2D eigenvalue weighted by Gasteiger charge is -2.33. The van der Waals surface area contributed by atoms with Gasteiger partial charge in [0.25, 0.3) is 0 Å². The highest BCUT2D eigenvalue weighted by Crippen LogP contribution is 2.41. The minimum absolute atomic E-state index is 0. The third-order valence-electron chi connectivity index (χ3n) is 2.71. The van der Waals surface area contributed by atoms with Crippen LogP contribution in [0.1, 0.15) is 17.2 Å². The van der Waals surface area contributed by atoms with Crippen molar-refractivity contribution in [1.29, 1.82) is 0 Å². The minimum Gasteiger partial charge on any atom is -0.443 e. The van der Waals surface area contributed by atoms with E-state index in [2.05, 4.69) is 4.74 Å². The van der Waals surface area contributed by atoms with Crippen LogP contribution in [0.3, 0.4) is 0 Å². The Labute approximate surface area is 120 Å². The SMILES string of the molecule is Cl.O=C1N[C@H](c2ccc(F)cc2C(F)(F)F)C(F)(F)CO1. The van der Waals surface area contributed by atoms with Crippen molar-refractivity contribution in [2.24, 2.45) is 0 Å². The van der Waals surface area contributed by atoms with E-state index in [9.17, 15) is 31.1 Å². The zero-order valence-electron chi connectivity index (χ0n) is 10.0. The summed E-state index contributed by atoms with van der Waals surface area (Å²) < 4.78 is 82.5. The standard InChI is InChI=1S/C11H7F6NO2.ClH/c12-5-1-2-6(7(3-5)11(15,16)17)8-10(13,14)4-20-9(19)18-8;/h1-3,8H,4H2,(H,18,19);1H/t8-;/m1./s1. The third kappa shape index (κ3) is 3.52. The Morgan fingerprint density at radius 2 is 1.90 bits per heavy atom. The molecule has 1 amide bonds. The first-order valence-corrected chi connectivity index (χ1v) is 5.29. The molecule has 118 valence electrons. The maximum atomic E-state index is 13.6. The lowest BCUT2D eigenvalue weighted by molar-refractivity contribution is -0.142. The fourth-order valence-corrected chi connectivity index (χ4v) is 1.84. The molecule has 1 aromatic rings. The largest absolute Gasteiger partial charge is 0.443 e. The number of carbonyl (C=O) groups is 1. The summed E-state index contributed by atoms with van der Waals surface area (Å²) in [6.45, 7) is -1.35. The molecule has 2 rings (SSSR count). The van der Waals surface area contributed by atoms with Crippen LogP contribution in [0.25, 0.3) is 0 Å². The number of cyclic esters (lactones) is 1. The fraction of sp³-hybridized carbons (Fsp3) is 0.364. The summed E-state index contributed by atoms with van der Waals surface area (Å²) in [7, 11) is 0. The topological polar surface area (TPSA) is 38.3 Å². The van der Waals surface area contributed by atoms with E-state index in [-0.39, 0.29) is 18.5 Å². The molecule has 1 aromatic carbocycles. The van der Waals surface area contributed by atoms with Gasteiger partial charge in [-0.1, -0.05) is 6.07 Å². The summed E-state index contributed by atoms with van der Waals surface area (Å²) in [5.41, 5.74) is -2.48.